The topological polar surface area (TPSA) is 21.3 Å². The van der Waals surface area contributed by atoms with Crippen LogP contribution in [0.2, 0.25) is 0 Å². The first-order valence-corrected chi connectivity index (χ1v) is 5.93. The molecule has 0 aromatic heterocycles. The Morgan fingerprint density at radius 1 is 1.16 bits per heavy atom. The Bertz CT molecular complexity index is 584. The van der Waals surface area contributed by atoms with Gasteiger partial charge in [-0.3, -0.25) is 0 Å². The van der Waals surface area contributed by atoms with E-state index in [0.717, 1.165) is 0 Å². The second-order valence-corrected chi connectivity index (χ2v) is 4.25. The van der Waals surface area contributed by atoms with Crippen molar-refractivity contribution in [1.29, 1.82) is 0 Å². The van der Waals surface area contributed by atoms with Crippen LogP contribution in [0.3, 0.4) is 0 Å². The van der Waals surface area contributed by atoms with Crippen LogP contribution in [0.1, 0.15) is 11.1 Å². The van der Waals surface area contributed by atoms with Crippen molar-refractivity contribution in [3.8, 4) is 5.75 Å². The molecule has 0 radical (unpaired) electrons. The lowest BCUT2D eigenvalue weighted by molar-refractivity contribution is 0.384. The van der Waals surface area contributed by atoms with E-state index >= 15 is 0 Å². The molecule has 4 heteroatoms. The first-order valence-electron chi connectivity index (χ1n) is 5.93. The molecule has 0 amide bonds. The van der Waals surface area contributed by atoms with Gasteiger partial charge in [-0.25, -0.2) is 8.78 Å². The average molecular weight is 263 g/mol. The molecule has 0 aliphatic rings. The highest BCUT2D eigenvalue weighted by atomic mass is 19.1. The van der Waals surface area contributed by atoms with Gasteiger partial charge in [0.15, 0.2) is 11.6 Å². The highest BCUT2D eigenvalue weighted by molar-refractivity contribution is 5.46. The monoisotopic (exact) mass is 263 g/mol. The number of ether oxygens (including phenoxy) is 1. The SMILES string of the molecule is COc1cccc(CNc2ccc(C)c(F)c2)c1F. The fourth-order valence-electron chi connectivity index (χ4n) is 1.75. The Kier molecular flexibility index (Phi) is 4.00. The zero-order valence-corrected chi connectivity index (χ0v) is 10.8. The molecule has 2 aromatic rings. The summed E-state index contributed by atoms with van der Waals surface area (Å²) in [5, 5.41) is 2.99. The molecule has 100 valence electrons. The van der Waals surface area contributed by atoms with Crippen LogP contribution in [-0.4, -0.2) is 7.11 Å². The second kappa shape index (κ2) is 5.69. The van der Waals surface area contributed by atoms with Crippen molar-refractivity contribution in [2.75, 3.05) is 12.4 Å². The van der Waals surface area contributed by atoms with Crippen molar-refractivity contribution in [2.24, 2.45) is 0 Å². The van der Waals surface area contributed by atoms with Crippen molar-refractivity contribution in [3.05, 3.63) is 59.2 Å². The zero-order chi connectivity index (χ0) is 13.8. The van der Waals surface area contributed by atoms with Crippen LogP contribution < -0.4 is 10.1 Å². The van der Waals surface area contributed by atoms with E-state index in [-0.39, 0.29) is 18.1 Å². The smallest absolute Gasteiger partial charge is 0.170 e. The van der Waals surface area contributed by atoms with Gasteiger partial charge in [0.2, 0.25) is 0 Å². The first-order chi connectivity index (χ1) is 9.11. The molecule has 0 saturated carbocycles. The predicted octanol–water partition coefficient (Wildman–Crippen LogP) is 3.89. The normalized spacial score (nSPS) is 10.3. The molecule has 0 spiro atoms. The first kappa shape index (κ1) is 13.3. The molecule has 2 nitrogen and oxygen atoms in total. The summed E-state index contributed by atoms with van der Waals surface area (Å²) in [6.45, 7) is 1.96. The lowest BCUT2D eigenvalue weighted by Crippen LogP contribution is -2.03. The Hall–Kier alpha value is -2.10. The number of halogens is 2. The molecule has 0 saturated heterocycles. The largest absolute Gasteiger partial charge is 0.494 e. The molecule has 1 N–H and O–H groups in total. The van der Waals surface area contributed by atoms with Gasteiger partial charge in [-0.2, -0.15) is 0 Å². The summed E-state index contributed by atoms with van der Waals surface area (Å²) in [4.78, 5) is 0. The summed E-state index contributed by atoms with van der Waals surface area (Å²) in [6.07, 6.45) is 0. The zero-order valence-electron chi connectivity index (χ0n) is 10.8. The summed E-state index contributed by atoms with van der Waals surface area (Å²) < 4.78 is 32.2. The average Bonchev–Trinajstić information content (AvgIpc) is 2.41. The molecule has 2 rings (SSSR count). The minimum Gasteiger partial charge on any atom is -0.494 e. The van der Waals surface area contributed by atoms with Crippen LogP contribution >= 0.6 is 0 Å². The minimum absolute atomic E-state index is 0.203. The molecule has 0 fully saturated rings. The third kappa shape index (κ3) is 3.02. The van der Waals surface area contributed by atoms with Crippen molar-refractivity contribution >= 4 is 5.69 Å². The van der Waals surface area contributed by atoms with E-state index in [1.54, 1.807) is 37.3 Å². The van der Waals surface area contributed by atoms with Gasteiger partial charge in [0.25, 0.3) is 0 Å². The van der Waals surface area contributed by atoms with Gasteiger partial charge in [0, 0.05) is 17.8 Å². The maximum Gasteiger partial charge on any atom is 0.170 e. The fourth-order valence-corrected chi connectivity index (χ4v) is 1.75. The van der Waals surface area contributed by atoms with E-state index in [1.165, 1.54) is 13.2 Å². The Morgan fingerprint density at radius 2 is 1.95 bits per heavy atom. The van der Waals surface area contributed by atoms with Crippen molar-refractivity contribution in [2.45, 2.75) is 13.5 Å². The van der Waals surface area contributed by atoms with Gasteiger partial charge in [0.05, 0.1) is 7.11 Å². The summed E-state index contributed by atoms with van der Waals surface area (Å²) >= 11 is 0. The number of aryl methyl sites for hydroxylation is 1. The number of methoxy groups -OCH3 is 1. The second-order valence-electron chi connectivity index (χ2n) is 4.25. The maximum atomic E-state index is 13.9. The molecule has 0 aliphatic heterocycles. The van der Waals surface area contributed by atoms with Crippen molar-refractivity contribution in [1.82, 2.24) is 0 Å². The van der Waals surface area contributed by atoms with Crippen LogP contribution in [0.4, 0.5) is 14.5 Å². The summed E-state index contributed by atoms with van der Waals surface area (Å²) in [6, 6.07) is 9.78. The van der Waals surface area contributed by atoms with Crippen LogP contribution in [0.5, 0.6) is 5.75 Å². The molecular formula is C15H15F2NO. The lowest BCUT2D eigenvalue weighted by atomic mass is 10.1. The third-order valence-corrected chi connectivity index (χ3v) is 2.92. The van der Waals surface area contributed by atoms with Gasteiger partial charge in [0.1, 0.15) is 5.82 Å². The summed E-state index contributed by atoms with van der Waals surface area (Å²) in [7, 11) is 1.42. The van der Waals surface area contributed by atoms with Crippen LogP contribution in [0.15, 0.2) is 36.4 Å². The van der Waals surface area contributed by atoms with E-state index < -0.39 is 5.82 Å². The summed E-state index contributed by atoms with van der Waals surface area (Å²) in [5.74, 6) is -0.476. The molecule has 0 aliphatic carbocycles. The quantitative estimate of drug-likeness (QED) is 0.903. The van der Waals surface area contributed by atoms with Gasteiger partial charge in [-0.05, 0) is 30.7 Å². The molecule has 0 bridgehead atoms. The fraction of sp³-hybridized carbons (Fsp3) is 0.200. The van der Waals surface area contributed by atoms with E-state index in [9.17, 15) is 8.78 Å². The highest BCUT2D eigenvalue weighted by Crippen LogP contribution is 2.21. The lowest BCUT2D eigenvalue weighted by Gasteiger charge is -2.10. The highest BCUT2D eigenvalue weighted by Gasteiger charge is 2.08. The van der Waals surface area contributed by atoms with E-state index in [0.29, 0.717) is 16.8 Å². The molecule has 0 unspecified atom stereocenters. The number of rotatable bonds is 4. The number of hydrogen-bond acceptors (Lipinski definition) is 2. The molecule has 2 aromatic carbocycles. The molecular weight excluding hydrogens is 248 g/mol. The molecule has 19 heavy (non-hydrogen) atoms. The number of hydrogen-bond donors (Lipinski definition) is 1. The van der Waals surface area contributed by atoms with Gasteiger partial charge < -0.3 is 10.1 Å². The Labute approximate surface area is 111 Å². The van der Waals surface area contributed by atoms with E-state index in [4.69, 9.17) is 4.74 Å². The van der Waals surface area contributed by atoms with Gasteiger partial charge in [-0.1, -0.05) is 18.2 Å². The number of anilines is 1. The maximum absolute atomic E-state index is 13.9. The minimum atomic E-state index is -0.398. The van der Waals surface area contributed by atoms with Gasteiger partial charge in [-0.15, -0.1) is 0 Å². The van der Waals surface area contributed by atoms with Crippen molar-refractivity contribution in [3.63, 3.8) is 0 Å². The van der Waals surface area contributed by atoms with Crippen LogP contribution in [0.25, 0.3) is 0 Å². The Morgan fingerprint density at radius 3 is 2.63 bits per heavy atom. The van der Waals surface area contributed by atoms with Crippen molar-refractivity contribution < 1.29 is 13.5 Å². The summed E-state index contributed by atoms with van der Waals surface area (Å²) in [5.41, 5.74) is 1.67. The van der Waals surface area contributed by atoms with Crippen LogP contribution in [-0.2, 0) is 6.54 Å². The third-order valence-electron chi connectivity index (χ3n) is 2.92. The standard InChI is InChI=1S/C15H15F2NO/c1-10-6-7-12(8-13(10)16)18-9-11-4-3-5-14(19-2)15(11)17/h3-8,18H,9H2,1-2H3. The van der Waals surface area contributed by atoms with Crippen LogP contribution in [0, 0.1) is 18.6 Å². The number of nitrogens with one attached hydrogen (secondary N) is 1. The van der Waals surface area contributed by atoms with E-state index in [2.05, 4.69) is 5.32 Å². The number of benzene rings is 2. The Balaban J connectivity index is 2.12. The molecule has 0 atom stereocenters. The van der Waals surface area contributed by atoms with Gasteiger partial charge >= 0.3 is 0 Å². The predicted molar refractivity (Wildman–Crippen MR) is 71.4 cm³/mol. The van der Waals surface area contributed by atoms with E-state index in [1.807, 2.05) is 0 Å². The molecule has 0 heterocycles.